The molecule has 8 atom stereocenters. The molecular weight excluding hydrogens is 352 g/mol. The maximum absolute atomic E-state index is 10.2. The van der Waals surface area contributed by atoms with Crippen molar-refractivity contribution in [2.24, 2.45) is 46.3 Å². The predicted molar refractivity (Wildman–Crippen MR) is 126 cm³/mol. The van der Waals surface area contributed by atoms with E-state index in [0.29, 0.717) is 10.8 Å². The van der Waals surface area contributed by atoms with Gasteiger partial charge in [-0.1, -0.05) is 60.8 Å². The van der Waals surface area contributed by atoms with E-state index in [4.69, 9.17) is 0 Å². The molecule has 0 heterocycles. The van der Waals surface area contributed by atoms with Crippen molar-refractivity contribution in [3.05, 3.63) is 0 Å². The van der Waals surface area contributed by atoms with Gasteiger partial charge >= 0.3 is 0 Å². The molecule has 0 amide bonds. The summed E-state index contributed by atoms with van der Waals surface area (Å²) in [5.41, 5.74) is 1.19. The molecule has 4 fully saturated rings. The van der Waals surface area contributed by atoms with E-state index in [9.17, 15) is 5.11 Å². The Kier molecular flexibility index (Phi) is 7.84. The van der Waals surface area contributed by atoms with Gasteiger partial charge in [0.05, 0.1) is 6.10 Å². The van der Waals surface area contributed by atoms with Crippen LogP contribution in [0.25, 0.3) is 0 Å². The molecule has 0 aromatic carbocycles. The van der Waals surface area contributed by atoms with Gasteiger partial charge in [-0.3, -0.25) is 0 Å². The van der Waals surface area contributed by atoms with Crippen LogP contribution in [0, 0.1) is 46.3 Å². The van der Waals surface area contributed by atoms with E-state index < -0.39 is 0 Å². The van der Waals surface area contributed by atoms with Gasteiger partial charge in [-0.25, -0.2) is 0 Å². The summed E-state index contributed by atoms with van der Waals surface area (Å²) in [6.07, 6.45) is 18.2. The third-order valence-electron chi connectivity index (χ3n) is 10.4. The molecule has 4 saturated carbocycles. The minimum Gasteiger partial charge on any atom is -0.393 e. The number of fused-ring (bicyclic) bond motifs is 5. The largest absolute Gasteiger partial charge is 0.393 e. The van der Waals surface area contributed by atoms with Gasteiger partial charge in [-0.2, -0.15) is 0 Å². The highest BCUT2D eigenvalue weighted by atomic mass is 16.3. The Balaban J connectivity index is 0.00000117. The first-order valence-corrected chi connectivity index (χ1v) is 13.5. The summed E-state index contributed by atoms with van der Waals surface area (Å²) in [5.74, 6) is 5.66. The molecule has 0 aromatic rings. The van der Waals surface area contributed by atoms with Crippen LogP contribution in [0.5, 0.6) is 0 Å². The molecule has 170 valence electrons. The normalized spacial score (nSPS) is 46.3. The molecule has 0 saturated heterocycles. The van der Waals surface area contributed by atoms with Gasteiger partial charge in [0.2, 0.25) is 0 Å². The van der Waals surface area contributed by atoms with Crippen molar-refractivity contribution in [1.82, 2.24) is 0 Å². The van der Waals surface area contributed by atoms with Crippen molar-refractivity contribution in [3.63, 3.8) is 0 Å². The van der Waals surface area contributed by atoms with Gasteiger partial charge in [0, 0.05) is 0 Å². The van der Waals surface area contributed by atoms with Crippen LogP contribution in [0.4, 0.5) is 0 Å². The highest BCUT2D eigenvalue weighted by Gasteiger charge is 2.59. The molecule has 1 heteroatoms. The van der Waals surface area contributed by atoms with E-state index >= 15 is 0 Å². The fourth-order valence-corrected chi connectivity index (χ4v) is 8.76. The van der Waals surface area contributed by atoms with E-state index in [2.05, 4.69) is 27.7 Å². The Bertz CT molecular complexity index is 512. The first-order valence-electron chi connectivity index (χ1n) is 13.5. The lowest BCUT2D eigenvalue weighted by atomic mass is 9.44. The first kappa shape index (κ1) is 23.6. The van der Waals surface area contributed by atoms with E-state index in [-0.39, 0.29) is 6.10 Å². The van der Waals surface area contributed by atoms with Crippen molar-refractivity contribution in [3.8, 4) is 0 Å². The van der Waals surface area contributed by atoms with Crippen LogP contribution in [0.3, 0.4) is 0 Å². The monoisotopic (exact) mass is 404 g/mol. The van der Waals surface area contributed by atoms with Gasteiger partial charge in [0.1, 0.15) is 0 Å². The Morgan fingerprint density at radius 1 is 0.828 bits per heavy atom. The average molecular weight is 405 g/mol. The van der Waals surface area contributed by atoms with Crippen molar-refractivity contribution in [2.45, 2.75) is 131 Å². The minimum absolute atomic E-state index is 0.00446. The van der Waals surface area contributed by atoms with E-state index in [0.717, 1.165) is 48.3 Å². The molecular formula is C28H52O. The molecule has 0 aliphatic heterocycles. The van der Waals surface area contributed by atoms with Crippen LogP contribution in [-0.2, 0) is 0 Å². The lowest BCUT2D eigenvalue weighted by molar-refractivity contribution is -0.127. The van der Waals surface area contributed by atoms with Gasteiger partial charge in [-0.05, 0) is 111 Å². The Hall–Kier alpha value is -0.0400. The number of hydrogen-bond donors (Lipinski definition) is 1. The molecule has 7 unspecified atom stereocenters. The second-order valence-corrected chi connectivity index (χ2v) is 12.1. The third-order valence-corrected chi connectivity index (χ3v) is 10.4. The summed E-state index contributed by atoms with van der Waals surface area (Å²) in [7, 11) is 0. The van der Waals surface area contributed by atoms with Crippen LogP contribution in [0.2, 0.25) is 0 Å². The van der Waals surface area contributed by atoms with E-state index in [1.54, 1.807) is 0 Å². The molecule has 0 spiro atoms. The van der Waals surface area contributed by atoms with Crippen LogP contribution in [0.15, 0.2) is 0 Å². The first-order chi connectivity index (χ1) is 13.8. The lowest BCUT2D eigenvalue weighted by Crippen LogP contribution is -2.53. The van der Waals surface area contributed by atoms with Crippen molar-refractivity contribution in [2.75, 3.05) is 0 Å². The summed E-state index contributed by atoms with van der Waals surface area (Å²) in [6.45, 7) is 14.1. The zero-order chi connectivity index (χ0) is 21.2. The zero-order valence-electron chi connectivity index (χ0n) is 20.7. The quantitative estimate of drug-likeness (QED) is 0.457. The van der Waals surface area contributed by atoms with Gasteiger partial charge in [-0.15, -0.1) is 0 Å². The number of rotatable bonds is 5. The summed E-state index contributed by atoms with van der Waals surface area (Å²) in [5, 5.41) is 10.2. The smallest absolute Gasteiger partial charge is 0.0543 e. The summed E-state index contributed by atoms with van der Waals surface area (Å²) in [6, 6.07) is 0. The molecule has 4 aliphatic carbocycles. The summed E-state index contributed by atoms with van der Waals surface area (Å²) < 4.78 is 0. The molecule has 1 nitrogen and oxygen atoms in total. The second kappa shape index (κ2) is 9.62. The minimum atomic E-state index is -0.00446. The van der Waals surface area contributed by atoms with Crippen LogP contribution in [0.1, 0.15) is 125 Å². The van der Waals surface area contributed by atoms with E-state index in [1.807, 2.05) is 13.8 Å². The van der Waals surface area contributed by atoms with Crippen LogP contribution < -0.4 is 0 Å². The summed E-state index contributed by atoms with van der Waals surface area (Å²) >= 11 is 0. The average Bonchev–Trinajstić information content (AvgIpc) is 3.03. The second-order valence-electron chi connectivity index (χ2n) is 12.1. The van der Waals surface area contributed by atoms with Crippen LogP contribution >= 0.6 is 0 Å². The van der Waals surface area contributed by atoms with Crippen molar-refractivity contribution < 1.29 is 5.11 Å². The van der Waals surface area contributed by atoms with Gasteiger partial charge in [0.25, 0.3) is 0 Å². The molecule has 0 aromatic heterocycles. The Morgan fingerprint density at radius 3 is 2.24 bits per heavy atom. The Labute approximate surface area is 182 Å². The topological polar surface area (TPSA) is 20.2 Å². The molecule has 29 heavy (non-hydrogen) atoms. The molecule has 1 N–H and O–H groups in total. The highest BCUT2D eigenvalue weighted by Crippen LogP contribution is 2.67. The number of aliphatic hydroxyl groups is 1. The SMILES string of the molecule is CC.CC(C)CCCCC1CCC2C3CC[C@H]4CC(O)CCC4(C)C3CCC12C. The highest BCUT2D eigenvalue weighted by molar-refractivity contribution is 5.09. The summed E-state index contributed by atoms with van der Waals surface area (Å²) in [4.78, 5) is 0. The van der Waals surface area contributed by atoms with Crippen molar-refractivity contribution >= 4 is 0 Å². The third kappa shape index (κ3) is 4.47. The van der Waals surface area contributed by atoms with Crippen molar-refractivity contribution in [1.29, 1.82) is 0 Å². The predicted octanol–water partition coefficient (Wildman–Crippen LogP) is 8.25. The van der Waals surface area contributed by atoms with E-state index in [1.165, 1.54) is 70.6 Å². The number of unbranched alkanes of at least 4 members (excludes halogenated alkanes) is 1. The van der Waals surface area contributed by atoms with Crippen LogP contribution in [-0.4, -0.2) is 11.2 Å². The molecule has 4 rings (SSSR count). The molecule has 0 radical (unpaired) electrons. The molecule has 4 aliphatic rings. The fourth-order valence-electron chi connectivity index (χ4n) is 8.76. The van der Waals surface area contributed by atoms with Gasteiger partial charge < -0.3 is 5.11 Å². The van der Waals surface area contributed by atoms with Gasteiger partial charge in [0.15, 0.2) is 0 Å². The maximum atomic E-state index is 10.2. The molecule has 0 bridgehead atoms. The zero-order valence-corrected chi connectivity index (χ0v) is 20.7. The maximum Gasteiger partial charge on any atom is 0.0543 e. The number of aliphatic hydroxyl groups excluding tert-OH is 1. The lowest BCUT2D eigenvalue weighted by Gasteiger charge is -2.61. The standard InChI is InChI=1S/C26H46O.C2H6/c1-18(2)7-5-6-8-19-10-12-23-22-11-9-20-17-21(27)13-15-26(20,4)24(22)14-16-25(19,23)3;1-2/h18-24,27H,5-17H2,1-4H3;1-2H3/t19?,20-,21?,22?,23?,24?,25?,26?;/m0./s1. The number of hydrogen-bond acceptors (Lipinski definition) is 1. The Morgan fingerprint density at radius 2 is 1.52 bits per heavy atom. The fraction of sp³-hybridized carbons (Fsp3) is 1.00.